The third-order valence-electron chi connectivity index (χ3n) is 12.4. The molecule has 59 heavy (non-hydrogen) atoms. The number of amides is 4. The maximum absolute atomic E-state index is 14.0. The monoisotopic (exact) mass is 813 g/mol. The van der Waals surface area contributed by atoms with Crippen LogP contribution < -0.4 is 15.1 Å². The number of carbonyl (C=O) groups is 5. The fourth-order valence-electron chi connectivity index (χ4n) is 9.05. The summed E-state index contributed by atoms with van der Waals surface area (Å²) in [6.07, 6.45) is 4.76. The van der Waals surface area contributed by atoms with E-state index >= 15 is 0 Å². The molecule has 11 nitrogen and oxygen atoms in total. The van der Waals surface area contributed by atoms with Gasteiger partial charge in [0, 0.05) is 83.2 Å². The first-order valence-corrected chi connectivity index (χ1v) is 21.2. The smallest absolute Gasteiger partial charge is 0.262 e. The zero-order valence-corrected chi connectivity index (χ0v) is 33.3. The van der Waals surface area contributed by atoms with E-state index < -0.39 is 29.7 Å². The van der Waals surface area contributed by atoms with Gasteiger partial charge in [-0.05, 0) is 123 Å². The van der Waals surface area contributed by atoms with Gasteiger partial charge in [-0.25, -0.2) is 4.39 Å². The van der Waals surface area contributed by atoms with Crippen molar-refractivity contribution in [3.63, 3.8) is 0 Å². The summed E-state index contributed by atoms with van der Waals surface area (Å²) in [5.41, 5.74) is 4.49. The number of thiophene rings is 1. The highest BCUT2D eigenvalue weighted by molar-refractivity contribution is 7.22. The summed E-state index contributed by atoms with van der Waals surface area (Å²) < 4.78 is 14.5. The lowest BCUT2D eigenvalue weighted by molar-refractivity contribution is -0.136. The van der Waals surface area contributed by atoms with Gasteiger partial charge in [-0.1, -0.05) is 12.1 Å². The summed E-state index contributed by atoms with van der Waals surface area (Å²) in [6.45, 7) is 6.39. The molecule has 3 saturated heterocycles. The first-order chi connectivity index (χ1) is 28.6. The van der Waals surface area contributed by atoms with E-state index in [1.54, 1.807) is 42.5 Å². The second kappa shape index (κ2) is 16.0. The number of nitrogens with one attached hydrogen (secondary N) is 1. The number of halogens is 1. The number of anilines is 2. The Balaban J connectivity index is 0.744. The van der Waals surface area contributed by atoms with Crippen LogP contribution in [0, 0.1) is 11.7 Å². The van der Waals surface area contributed by atoms with E-state index in [0.717, 1.165) is 102 Å². The number of piperidine rings is 2. The average Bonchev–Trinajstić information content (AvgIpc) is 3.74. The molecule has 0 spiro atoms. The fourth-order valence-corrected chi connectivity index (χ4v) is 10.3. The number of carbonyl (C=O) groups excluding carboxylic acids is 5. The number of imide groups is 2. The molecule has 4 aliphatic heterocycles. The molecule has 9 rings (SSSR count). The number of nitrogens with zero attached hydrogens (tertiary/aromatic N) is 4. The van der Waals surface area contributed by atoms with Crippen LogP contribution in [0.4, 0.5) is 15.8 Å². The Hall–Kier alpha value is -5.92. The van der Waals surface area contributed by atoms with Crippen molar-refractivity contribution in [2.24, 2.45) is 5.92 Å². The molecule has 4 aromatic carbocycles. The van der Waals surface area contributed by atoms with Crippen molar-refractivity contribution in [3.8, 4) is 16.2 Å². The standard InChI is InChI=1S/C46H44FN5O6S/c47-31-7-3-30(4-8-31)43-41(36-14-12-34(53)27-39(36)59-43)42(55)29-5-9-32(10-6-29)50-20-17-28(18-21-50)2-1-19-49-22-24-51(25-23-49)33-11-13-35-37(26-33)46(58)52(45(35)57)38-15-16-40(54)48-44(38)56/h3-14,26-28,38,53H,1-2,15-25H2,(H,48,54,56). The number of benzene rings is 4. The Bertz CT molecular complexity index is 2470. The van der Waals surface area contributed by atoms with Gasteiger partial charge in [0.05, 0.1) is 11.1 Å². The Morgan fingerprint density at radius 2 is 1.46 bits per heavy atom. The number of rotatable bonds is 10. The second-order valence-corrected chi connectivity index (χ2v) is 17.0. The largest absolute Gasteiger partial charge is 0.508 e. The van der Waals surface area contributed by atoms with Crippen molar-refractivity contribution in [3.05, 3.63) is 113 Å². The Labute approximate surface area is 345 Å². The number of phenols is 1. The van der Waals surface area contributed by atoms with Gasteiger partial charge in [-0.2, -0.15) is 0 Å². The molecular formula is C46H44FN5O6S. The molecule has 0 radical (unpaired) electrons. The highest BCUT2D eigenvalue weighted by atomic mass is 32.1. The van der Waals surface area contributed by atoms with Crippen LogP contribution in [0.15, 0.2) is 84.9 Å². The molecule has 2 N–H and O–H groups in total. The van der Waals surface area contributed by atoms with Gasteiger partial charge in [0.2, 0.25) is 11.8 Å². The van der Waals surface area contributed by atoms with Gasteiger partial charge in [-0.15, -0.1) is 11.3 Å². The molecule has 0 aliphatic carbocycles. The number of hydrogen-bond acceptors (Lipinski definition) is 10. The Kier molecular flexibility index (Phi) is 10.5. The zero-order chi connectivity index (χ0) is 40.8. The summed E-state index contributed by atoms with van der Waals surface area (Å²) in [5.74, 6) is -1.63. The molecule has 4 aliphatic rings. The number of ketones is 1. The van der Waals surface area contributed by atoms with Gasteiger partial charge in [0.25, 0.3) is 11.8 Å². The van der Waals surface area contributed by atoms with Crippen molar-refractivity contribution < 1.29 is 33.5 Å². The first kappa shape index (κ1) is 38.6. The molecular weight excluding hydrogens is 770 g/mol. The summed E-state index contributed by atoms with van der Waals surface area (Å²) in [4.78, 5) is 73.4. The summed E-state index contributed by atoms with van der Waals surface area (Å²) >= 11 is 1.42. The van der Waals surface area contributed by atoms with Gasteiger partial charge >= 0.3 is 0 Å². The van der Waals surface area contributed by atoms with Crippen LogP contribution in [0.3, 0.4) is 0 Å². The molecule has 13 heteroatoms. The summed E-state index contributed by atoms with van der Waals surface area (Å²) in [6, 6.07) is 23.4. The molecule has 0 saturated carbocycles. The molecule has 3 fully saturated rings. The maximum atomic E-state index is 14.0. The lowest BCUT2D eigenvalue weighted by Crippen LogP contribution is -2.54. The number of aromatic hydroxyl groups is 1. The van der Waals surface area contributed by atoms with Crippen LogP contribution in [0.1, 0.15) is 75.2 Å². The number of fused-ring (bicyclic) bond motifs is 2. The fraction of sp³-hybridized carbons (Fsp3) is 0.326. The predicted molar refractivity (Wildman–Crippen MR) is 225 cm³/mol. The van der Waals surface area contributed by atoms with Crippen LogP contribution in [0.25, 0.3) is 20.5 Å². The Morgan fingerprint density at radius 1 is 0.763 bits per heavy atom. The average molecular weight is 814 g/mol. The van der Waals surface area contributed by atoms with E-state index in [-0.39, 0.29) is 30.2 Å². The Morgan fingerprint density at radius 3 is 2.19 bits per heavy atom. The van der Waals surface area contributed by atoms with E-state index in [9.17, 15) is 33.5 Å². The predicted octanol–water partition coefficient (Wildman–Crippen LogP) is 6.86. The lowest BCUT2D eigenvalue weighted by atomic mass is 9.91. The van der Waals surface area contributed by atoms with Crippen LogP contribution in [-0.4, -0.2) is 96.2 Å². The number of phenolic OH excluding ortho intramolecular Hbond substituents is 1. The molecule has 5 heterocycles. The first-order valence-electron chi connectivity index (χ1n) is 20.4. The molecule has 302 valence electrons. The SMILES string of the molecule is O=C1CCC(N2C(=O)c3ccc(N4CCN(CCCC5CCN(c6ccc(C(=O)c7c(-c8ccc(F)cc8)sc8cc(O)ccc78)cc6)CC5)CC4)cc3C2=O)C(=O)N1. The topological polar surface area (TPSA) is 131 Å². The molecule has 4 amide bonds. The summed E-state index contributed by atoms with van der Waals surface area (Å²) in [7, 11) is 0. The maximum Gasteiger partial charge on any atom is 0.262 e. The minimum atomic E-state index is -0.972. The minimum absolute atomic E-state index is 0.0912. The highest BCUT2D eigenvalue weighted by Gasteiger charge is 2.45. The third-order valence-corrected chi connectivity index (χ3v) is 13.6. The number of hydrogen-bond donors (Lipinski definition) is 2. The highest BCUT2D eigenvalue weighted by Crippen LogP contribution is 2.41. The van der Waals surface area contributed by atoms with Crippen LogP contribution in [-0.2, 0) is 9.59 Å². The molecule has 1 unspecified atom stereocenters. The van der Waals surface area contributed by atoms with E-state index in [2.05, 4.69) is 20.0 Å². The van der Waals surface area contributed by atoms with Crippen LogP contribution >= 0.6 is 11.3 Å². The van der Waals surface area contributed by atoms with Gasteiger partial charge in [0.15, 0.2) is 5.78 Å². The molecule has 0 bridgehead atoms. The second-order valence-electron chi connectivity index (χ2n) is 15.9. The quantitative estimate of drug-likeness (QED) is 0.115. The molecule has 1 aromatic heterocycles. The lowest BCUT2D eigenvalue weighted by Gasteiger charge is -2.37. The molecule has 5 aromatic rings. The van der Waals surface area contributed by atoms with Crippen molar-refractivity contribution in [2.75, 3.05) is 55.6 Å². The van der Waals surface area contributed by atoms with E-state index in [4.69, 9.17) is 0 Å². The van der Waals surface area contributed by atoms with Crippen LogP contribution in [0.2, 0.25) is 0 Å². The van der Waals surface area contributed by atoms with Crippen LogP contribution in [0.5, 0.6) is 5.75 Å². The van der Waals surface area contributed by atoms with Gasteiger partial charge in [0.1, 0.15) is 17.6 Å². The van der Waals surface area contributed by atoms with Crippen molar-refractivity contribution in [2.45, 2.75) is 44.6 Å². The van der Waals surface area contributed by atoms with E-state index in [1.165, 1.54) is 29.9 Å². The minimum Gasteiger partial charge on any atom is -0.508 e. The van der Waals surface area contributed by atoms with Gasteiger partial charge in [-0.3, -0.25) is 39.1 Å². The number of piperazine rings is 1. The normalized spacial score (nSPS) is 19.1. The van der Waals surface area contributed by atoms with Crippen molar-refractivity contribution in [1.82, 2.24) is 15.1 Å². The van der Waals surface area contributed by atoms with Crippen molar-refractivity contribution in [1.29, 1.82) is 0 Å². The summed E-state index contributed by atoms with van der Waals surface area (Å²) in [5, 5.41) is 13.1. The van der Waals surface area contributed by atoms with E-state index in [1.807, 2.05) is 30.3 Å². The van der Waals surface area contributed by atoms with Crippen molar-refractivity contribution >= 4 is 62.2 Å². The molecule has 1 atom stereocenters. The van der Waals surface area contributed by atoms with Gasteiger partial charge < -0.3 is 14.9 Å². The third kappa shape index (κ3) is 7.60. The van der Waals surface area contributed by atoms with E-state index in [0.29, 0.717) is 28.2 Å². The zero-order valence-electron chi connectivity index (χ0n) is 32.5.